The fourth-order valence-electron chi connectivity index (χ4n) is 4.34. The summed E-state index contributed by atoms with van der Waals surface area (Å²) in [6.07, 6.45) is 0.0208. The zero-order chi connectivity index (χ0) is 27.1. The fourth-order valence-corrected chi connectivity index (χ4v) is 7.00. The van der Waals surface area contributed by atoms with Gasteiger partial charge < -0.3 is 15.0 Å². The molecule has 1 aliphatic rings. The van der Waals surface area contributed by atoms with Crippen molar-refractivity contribution in [3.8, 4) is 0 Å². The van der Waals surface area contributed by atoms with Crippen LogP contribution in [-0.2, 0) is 29.9 Å². The first kappa shape index (κ1) is 27.9. The standard InChI is InChI=1S/C27H31N3O6S2/c1-2-21(25(32)27-29-22-10-6-7-11-23(22)37-27)28-26(33)20(16-24(31)30-12-14-36-15-13-30)18-38(34,35)17-19-8-4-3-5-9-19/h3-11,20-21H,2,12-18H2,1H3,(H,28,33)/t20?,21-/m0/s1. The molecule has 0 bridgehead atoms. The van der Waals surface area contributed by atoms with Crippen molar-refractivity contribution in [1.29, 1.82) is 0 Å². The molecule has 0 spiro atoms. The summed E-state index contributed by atoms with van der Waals surface area (Å²) in [7, 11) is -3.74. The lowest BCUT2D eigenvalue weighted by atomic mass is 10.0. The second-order valence-corrected chi connectivity index (χ2v) is 12.4. The van der Waals surface area contributed by atoms with E-state index in [0.29, 0.717) is 43.8 Å². The number of thiazole rings is 1. The number of nitrogens with zero attached hydrogens (tertiary/aromatic N) is 2. The molecular weight excluding hydrogens is 526 g/mol. The SMILES string of the molecule is CC[C@H](NC(=O)C(CC(=O)N1CCOCC1)CS(=O)(=O)Cc1ccccc1)C(=O)c1nc2ccccc2s1. The van der Waals surface area contributed by atoms with Crippen LogP contribution in [0.2, 0.25) is 0 Å². The van der Waals surface area contributed by atoms with E-state index in [2.05, 4.69) is 10.3 Å². The smallest absolute Gasteiger partial charge is 0.225 e. The minimum absolute atomic E-state index is 0.245. The van der Waals surface area contributed by atoms with Gasteiger partial charge in [0.2, 0.25) is 17.6 Å². The van der Waals surface area contributed by atoms with Gasteiger partial charge in [0, 0.05) is 19.5 Å². The molecule has 3 aromatic rings. The molecule has 11 heteroatoms. The van der Waals surface area contributed by atoms with Gasteiger partial charge in [-0.05, 0) is 24.1 Å². The number of ether oxygens (including phenoxy) is 1. The van der Waals surface area contributed by atoms with E-state index in [-0.39, 0.29) is 28.9 Å². The number of carbonyl (C=O) groups excluding carboxylic acids is 3. The number of Topliss-reactive ketones (excluding diaryl/α,β-unsaturated/α-hetero) is 1. The van der Waals surface area contributed by atoms with Gasteiger partial charge in [0.25, 0.3) is 0 Å². The Bertz CT molecular complexity index is 1350. The summed E-state index contributed by atoms with van der Waals surface area (Å²) in [5, 5.41) is 3.00. The van der Waals surface area contributed by atoms with Gasteiger partial charge in [-0.15, -0.1) is 11.3 Å². The molecule has 0 radical (unpaired) electrons. The van der Waals surface area contributed by atoms with E-state index in [0.717, 1.165) is 4.70 Å². The monoisotopic (exact) mass is 557 g/mol. The molecule has 38 heavy (non-hydrogen) atoms. The highest BCUT2D eigenvalue weighted by Crippen LogP contribution is 2.23. The van der Waals surface area contributed by atoms with Crippen LogP contribution in [0.4, 0.5) is 0 Å². The van der Waals surface area contributed by atoms with E-state index in [1.807, 2.05) is 24.3 Å². The lowest BCUT2D eigenvalue weighted by Gasteiger charge is -2.28. The molecule has 1 saturated heterocycles. The van der Waals surface area contributed by atoms with Crippen molar-refractivity contribution in [2.24, 2.45) is 5.92 Å². The van der Waals surface area contributed by atoms with Crippen LogP contribution in [0.3, 0.4) is 0 Å². The third-order valence-corrected chi connectivity index (χ3v) is 9.12. The number of carbonyl (C=O) groups is 3. The number of amides is 2. The van der Waals surface area contributed by atoms with Gasteiger partial charge in [0.1, 0.15) is 0 Å². The Morgan fingerprint density at radius 2 is 1.74 bits per heavy atom. The van der Waals surface area contributed by atoms with Gasteiger partial charge in [0.05, 0.1) is 46.9 Å². The van der Waals surface area contributed by atoms with Crippen molar-refractivity contribution in [3.63, 3.8) is 0 Å². The first-order valence-corrected chi connectivity index (χ1v) is 15.2. The van der Waals surface area contributed by atoms with Crippen molar-refractivity contribution in [2.45, 2.75) is 31.6 Å². The lowest BCUT2D eigenvalue weighted by Crippen LogP contribution is -2.47. The van der Waals surface area contributed by atoms with Crippen LogP contribution < -0.4 is 5.32 Å². The summed E-state index contributed by atoms with van der Waals surface area (Å²) >= 11 is 1.24. The maximum atomic E-state index is 13.4. The van der Waals surface area contributed by atoms with Crippen molar-refractivity contribution < 1.29 is 27.5 Å². The highest BCUT2D eigenvalue weighted by molar-refractivity contribution is 7.90. The molecule has 1 unspecified atom stereocenters. The zero-order valence-corrected chi connectivity index (χ0v) is 22.8. The van der Waals surface area contributed by atoms with E-state index in [4.69, 9.17) is 4.74 Å². The Morgan fingerprint density at radius 1 is 1.05 bits per heavy atom. The third-order valence-electron chi connectivity index (χ3n) is 6.39. The molecule has 1 aliphatic heterocycles. The normalized spacial score (nSPS) is 15.7. The molecule has 202 valence electrons. The average molecular weight is 558 g/mol. The third kappa shape index (κ3) is 7.24. The summed E-state index contributed by atoms with van der Waals surface area (Å²) in [6.45, 7) is 3.32. The highest BCUT2D eigenvalue weighted by Gasteiger charge is 2.33. The number of ketones is 1. The summed E-state index contributed by atoms with van der Waals surface area (Å²) in [5.74, 6) is -3.18. The van der Waals surface area contributed by atoms with Crippen LogP contribution in [0.15, 0.2) is 54.6 Å². The maximum Gasteiger partial charge on any atom is 0.225 e. The van der Waals surface area contributed by atoms with Crippen molar-refractivity contribution in [2.75, 3.05) is 32.1 Å². The molecule has 1 fully saturated rings. The molecule has 2 aromatic carbocycles. The Hall–Kier alpha value is -3.15. The maximum absolute atomic E-state index is 13.4. The largest absolute Gasteiger partial charge is 0.378 e. The van der Waals surface area contributed by atoms with Crippen LogP contribution in [0, 0.1) is 5.92 Å². The summed E-state index contributed by atoms with van der Waals surface area (Å²) < 4.78 is 32.3. The van der Waals surface area contributed by atoms with Crippen molar-refractivity contribution in [1.82, 2.24) is 15.2 Å². The number of sulfone groups is 1. The first-order valence-electron chi connectivity index (χ1n) is 12.6. The number of fused-ring (bicyclic) bond motifs is 1. The first-order chi connectivity index (χ1) is 18.3. The predicted octanol–water partition coefficient (Wildman–Crippen LogP) is 2.85. The van der Waals surface area contributed by atoms with Crippen molar-refractivity contribution in [3.05, 3.63) is 65.2 Å². The minimum Gasteiger partial charge on any atom is -0.378 e. The van der Waals surface area contributed by atoms with E-state index in [1.165, 1.54) is 11.3 Å². The molecule has 1 N–H and O–H groups in total. The lowest BCUT2D eigenvalue weighted by molar-refractivity contribution is -0.139. The second kappa shape index (κ2) is 12.6. The van der Waals surface area contributed by atoms with E-state index in [1.54, 1.807) is 42.2 Å². The van der Waals surface area contributed by atoms with Gasteiger partial charge in [-0.2, -0.15) is 0 Å². The zero-order valence-electron chi connectivity index (χ0n) is 21.2. The van der Waals surface area contributed by atoms with Crippen LogP contribution in [0.5, 0.6) is 0 Å². The summed E-state index contributed by atoms with van der Waals surface area (Å²) in [4.78, 5) is 45.6. The molecule has 0 aliphatic carbocycles. The van der Waals surface area contributed by atoms with Crippen LogP contribution in [0.1, 0.15) is 35.1 Å². The number of hydrogen-bond donors (Lipinski definition) is 1. The molecule has 2 atom stereocenters. The number of para-hydroxylation sites is 1. The number of aromatic nitrogens is 1. The van der Waals surface area contributed by atoms with Gasteiger partial charge in [0.15, 0.2) is 14.8 Å². The topological polar surface area (TPSA) is 123 Å². The Labute approximate surface area is 226 Å². The van der Waals surface area contributed by atoms with Crippen LogP contribution >= 0.6 is 11.3 Å². The Kier molecular flexibility index (Phi) is 9.24. The molecule has 2 amide bonds. The summed E-state index contributed by atoms with van der Waals surface area (Å²) in [6, 6.07) is 15.2. The van der Waals surface area contributed by atoms with Crippen LogP contribution in [-0.4, -0.2) is 74.0 Å². The highest BCUT2D eigenvalue weighted by atomic mass is 32.2. The summed E-state index contributed by atoms with van der Waals surface area (Å²) in [5.41, 5.74) is 1.30. The Balaban J connectivity index is 1.51. The number of hydrogen-bond acceptors (Lipinski definition) is 8. The Morgan fingerprint density at radius 3 is 2.42 bits per heavy atom. The number of rotatable bonds is 11. The molecule has 1 aromatic heterocycles. The second-order valence-electron chi connectivity index (χ2n) is 9.25. The van der Waals surface area contributed by atoms with E-state index >= 15 is 0 Å². The molecule has 0 saturated carbocycles. The average Bonchev–Trinajstić information content (AvgIpc) is 3.36. The molecular formula is C27H31N3O6S2. The number of benzene rings is 2. The van der Waals surface area contributed by atoms with Crippen LogP contribution in [0.25, 0.3) is 10.2 Å². The number of morpholine rings is 1. The predicted molar refractivity (Wildman–Crippen MR) is 146 cm³/mol. The fraction of sp³-hybridized carbons (Fsp3) is 0.407. The van der Waals surface area contributed by atoms with Gasteiger partial charge in [-0.3, -0.25) is 14.4 Å². The van der Waals surface area contributed by atoms with Gasteiger partial charge >= 0.3 is 0 Å². The molecule has 2 heterocycles. The quantitative estimate of drug-likeness (QED) is 0.360. The van der Waals surface area contributed by atoms with E-state index in [9.17, 15) is 22.8 Å². The number of nitrogens with one attached hydrogen (secondary N) is 1. The molecule has 9 nitrogen and oxygen atoms in total. The molecule has 4 rings (SSSR count). The van der Waals surface area contributed by atoms with E-state index < -0.39 is 33.5 Å². The van der Waals surface area contributed by atoms with Crippen molar-refractivity contribution >= 4 is 49.0 Å². The van der Waals surface area contributed by atoms with Gasteiger partial charge in [-0.1, -0.05) is 49.4 Å². The minimum atomic E-state index is -3.74. The van der Waals surface area contributed by atoms with Gasteiger partial charge in [-0.25, -0.2) is 13.4 Å².